The van der Waals surface area contributed by atoms with Gasteiger partial charge in [-0.3, -0.25) is 0 Å². The lowest BCUT2D eigenvalue weighted by molar-refractivity contribution is 0.0690. The Hall–Kier alpha value is -1.02. The first kappa shape index (κ1) is 12.1. The Balaban J connectivity index is 2.48. The topological polar surface area (TPSA) is 97.5 Å². The average molecular weight is 251 g/mol. The van der Waals surface area contributed by atoms with Gasteiger partial charge in [-0.05, 0) is 0 Å². The Bertz CT molecular complexity index is 450. The van der Waals surface area contributed by atoms with Crippen LogP contribution in [0.25, 0.3) is 0 Å². The smallest absolute Gasteiger partial charge is 0.357 e. The highest BCUT2D eigenvalue weighted by Crippen LogP contribution is 2.17. The Kier molecular flexibility index (Phi) is 3.75. The molecule has 0 bridgehead atoms. The van der Waals surface area contributed by atoms with Crippen LogP contribution in [0.5, 0.6) is 0 Å². The number of carbonyl (C=O) groups is 1. The number of carboxylic acids is 1. The van der Waals surface area contributed by atoms with Gasteiger partial charge in [-0.1, -0.05) is 11.8 Å². The summed E-state index contributed by atoms with van der Waals surface area (Å²) in [6.45, 7) is 0. The average Bonchev–Trinajstić information content (AvgIpc) is 2.50. The standard InChI is InChI=1S/C7H9NO5S2/c1-15(11,12)3-2-14-7-8-5(4-13-7)6(9)10/h4H,2-3H2,1H3,(H,9,10). The SMILES string of the molecule is CS(=O)(=O)CCSc1nc(C(=O)O)co1. The summed E-state index contributed by atoms with van der Waals surface area (Å²) in [5.74, 6) is -0.880. The lowest BCUT2D eigenvalue weighted by atomic mass is 10.5. The molecule has 0 saturated carbocycles. The molecule has 0 aliphatic carbocycles. The van der Waals surface area contributed by atoms with E-state index in [1.54, 1.807) is 0 Å². The zero-order chi connectivity index (χ0) is 11.5. The minimum Gasteiger partial charge on any atom is -0.476 e. The van der Waals surface area contributed by atoms with Crippen LogP contribution in [0.15, 0.2) is 15.9 Å². The van der Waals surface area contributed by atoms with Crippen LogP contribution < -0.4 is 0 Å². The second-order valence-corrected chi connectivity index (χ2v) is 6.09. The Morgan fingerprint density at radius 3 is 2.80 bits per heavy atom. The molecule has 0 radical (unpaired) electrons. The number of hydrogen-bond donors (Lipinski definition) is 1. The largest absolute Gasteiger partial charge is 0.476 e. The summed E-state index contributed by atoms with van der Waals surface area (Å²) >= 11 is 1.07. The van der Waals surface area contributed by atoms with Crippen LogP contribution in [0, 0.1) is 0 Å². The second-order valence-electron chi connectivity index (χ2n) is 2.78. The molecule has 0 amide bonds. The van der Waals surface area contributed by atoms with Crippen molar-refractivity contribution in [1.82, 2.24) is 4.98 Å². The highest BCUT2D eigenvalue weighted by molar-refractivity contribution is 8.00. The molecule has 15 heavy (non-hydrogen) atoms. The van der Waals surface area contributed by atoms with Gasteiger partial charge in [-0.15, -0.1) is 0 Å². The number of thioether (sulfide) groups is 1. The molecule has 1 N–H and O–H groups in total. The van der Waals surface area contributed by atoms with Crippen LogP contribution in [0.2, 0.25) is 0 Å². The first-order chi connectivity index (χ1) is 6.88. The van der Waals surface area contributed by atoms with E-state index in [0.29, 0.717) is 5.75 Å². The van der Waals surface area contributed by atoms with Gasteiger partial charge in [0.2, 0.25) is 0 Å². The number of sulfone groups is 1. The number of aromatic nitrogens is 1. The molecule has 0 saturated heterocycles. The zero-order valence-corrected chi connectivity index (χ0v) is 9.47. The molecule has 0 fully saturated rings. The van der Waals surface area contributed by atoms with E-state index in [1.165, 1.54) is 0 Å². The van der Waals surface area contributed by atoms with Crippen molar-refractivity contribution in [2.75, 3.05) is 17.8 Å². The van der Waals surface area contributed by atoms with Crippen molar-refractivity contribution < 1.29 is 22.7 Å². The fraction of sp³-hybridized carbons (Fsp3) is 0.429. The van der Waals surface area contributed by atoms with Gasteiger partial charge in [0.25, 0.3) is 5.22 Å². The van der Waals surface area contributed by atoms with Gasteiger partial charge in [0.1, 0.15) is 16.1 Å². The number of nitrogens with zero attached hydrogens (tertiary/aromatic N) is 1. The quantitative estimate of drug-likeness (QED) is 0.761. The molecule has 1 aromatic heterocycles. The van der Waals surface area contributed by atoms with E-state index in [4.69, 9.17) is 9.52 Å². The zero-order valence-electron chi connectivity index (χ0n) is 7.84. The van der Waals surface area contributed by atoms with Crippen LogP contribution in [-0.2, 0) is 9.84 Å². The predicted molar refractivity (Wildman–Crippen MR) is 53.9 cm³/mol. The number of aromatic carboxylic acids is 1. The van der Waals surface area contributed by atoms with E-state index in [2.05, 4.69) is 4.98 Å². The molecule has 1 rings (SSSR count). The molecule has 0 aliphatic heterocycles. The number of hydrogen-bond acceptors (Lipinski definition) is 6. The maximum atomic E-state index is 10.8. The molecule has 8 heteroatoms. The summed E-state index contributed by atoms with van der Waals surface area (Å²) in [6, 6.07) is 0. The summed E-state index contributed by atoms with van der Waals surface area (Å²) in [6.07, 6.45) is 2.15. The minimum absolute atomic E-state index is 0.00243. The van der Waals surface area contributed by atoms with E-state index in [9.17, 15) is 13.2 Å². The summed E-state index contributed by atoms with van der Waals surface area (Å²) in [7, 11) is -3.01. The van der Waals surface area contributed by atoms with E-state index >= 15 is 0 Å². The Morgan fingerprint density at radius 1 is 1.67 bits per heavy atom. The van der Waals surface area contributed by atoms with Gasteiger partial charge in [0.15, 0.2) is 5.69 Å². The molecule has 1 heterocycles. The molecule has 0 spiro atoms. The molecule has 0 unspecified atom stereocenters. The van der Waals surface area contributed by atoms with Crippen LogP contribution in [-0.4, -0.2) is 42.2 Å². The van der Waals surface area contributed by atoms with Crippen molar-refractivity contribution in [2.24, 2.45) is 0 Å². The van der Waals surface area contributed by atoms with Gasteiger partial charge in [0.05, 0.1) is 5.75 Å². The van der Waals surface area contributed by atoms with Gasteiger partial charge < -0.3 is 9.52 Å². The molecular weight excluding hydrogens is 242 g/mol. The van der Waals surface area contributed by atoms with Crippen LogP contribution >= 0.6 is 11.8 Å². The van der Waals surface area contributed by atoms with Crippen molar-refractivity contribution in [1.29, 1.82) is 0 Å². The van der Waals surface area contributed by atoms with E-state index in [-0.39, 0.29) is 16.7 Å². The highest BCUT2D eigenvalue weighted by Gasteiger charge is 2.11. The third-order valence-corrected chi connectivity index (χ3v) is 3.43. The minimum atomic E-state index is -3.01. The first-order valence-electron chi connectivity index (χ1n) is 3.88. The summed E-state index contributed by atoms with van der Waals surface area (Å²) in [5, 5.41) is 8.69. The Morgan fingerprint density at radius 2 is 2.33 bits per heavy atom. The van der Waals surface area contributed by atoms with Crippen LogP contribution in [0.1, 0.15) is 10.5 Å². The highest BCUT2D eigenvalue weighted by atomic mass is 32.2. The van der Waals surface area contributed by atoms with E-state index in [1.807, 2.05) is 0 Å². The monoisotopic (exact) mass is 251 g/mol. The van der Waals surface area contributed by atoms with Gasteiger partial charge in [-0.25, -0.2) is 13.2 Å². The molecule has 84 valence electrons. The summed E-state index contributed by atoms with van der Waals surface area (Å²) < 4.78 is 26.4. The lowest BCUT2D eigenvalue weighted by Crippen LogP contribution is -2.04. The van der Waals surface area contributed by atoms with Crippen LogP contribution in [0.3, 0.4) is 0 Å². The number of rotatable bonds is 5. The molecule has 1 aromatic rings. The maximum Gasteiger partial charge on any atom is 0.357 e. The summed E-state index contributed by atoms with van der Waals surface area (Å²) in [5.41, 5.74) is -0.183. The third kappa shape index (κ3) is 4.34. The third-order valence-electron chi connectivity index (χ3n) is 1.38. The Labute approximate surface area is 90.6 Å². The second kappa shape index (κ2) is 4.67. The summed E-state index contributed by atoms with van der Waals surface area (Å²) in [4.78, 5) is 14.1. The van der Waals surface area contributed by atoms with Gasteiger partial charge in [0, 0.05) is 12.0 Å². The first-order valence-corrected chi connectivity index (χ1v) is 6.92. The predicted octanol–water partition coefficient (Wildman–Crippen LogP) is 0.510. The van der Waals surface area contributed by atoms with Crippen molar-refractivity contribution in [3.8, 4) is 0 Å². The van der Waals surface area contributed by atoms with Gasteiger partial charge in [-0.2, -0.15) is 4.98 Å². The van der Waals surface area contributed by atoms with Crippen molar-refractivity contribution in [3.63, 3.8) is 0 Å². The molecular formula is C7H9NO5S2. The van der Waals surface area contributed by atoms with Crippen molar-refractivity contribution in [3.05, 3.63) is 12.0 Å². The van der Waals surface area contributed by atoms with E-state index in [0.717, 1.165) is 24.3 Å². The van der Waals surface area contributed by atoms with Crippen molar-refractivity contribution >= 4 is 27.6 Å². The number of carboxylic acid groups (broad SMARTS) is 1. The molecule has 0 aliphatic rings. The lowest BCUT2D eigenvalue weighted by Gasteiger charge is -1.94. The van der Waals surface area contributed by atoms with Gasteiger partial charge >= 0.3 is 5.97 Å². The van der Waals surface area contributed by atoms with Crippen LogP contribution in [0.4, 0.5) is 0 Å². The maximum absolute atomic E-state index is 10.8. The molecule has 0 aromatic carbocycles. The molecule has 0 atom stereocenters. The van der Waals surface area contributed by atoms with Crippen molar-refractivity contribution in [2.45, 2.75) is 5.22 Å². The molecule has 6 nitrogen and oxygen atoms in total. The fourth-order valence-corrected chi connectivity index (χ4v) is 2.70. The fourth-order valence-electron chi connectivity index (χ4n) is 0.702. The number of oxazole rings is 1. The van der Waals surface area contributed by atoms with E-state index < -0.39 is 15.8 Å². The normalized spacial score (nSPS) is 11.5.